The Morgan fingerprint density at radius 1 is 1.02 bits per heavy atom. The standard InChI is InChI=1S/C30H36N4O5S/c1-21-9-13-26(14-10-21)40(37,38)33-25-12-11-23-15-16-34(18-24(23)17-25)28(35)27(32-29(36)30(2,3)31)20-39-19-22-7-5-4-6-8-22/h4-14,17,27,33H,15-16,18-20,31H2,1-3H3,(H,32,36). The van der Waals surface area contributed by atoms with Crippen LogP contribution in [0.2, 0.25) is 0 Å². The summed E-state index contributed by atoms with van der Waals surface area (Å²) >= 11 is 0. The molecule has 1 unspecified atom stereocenters. The molecule has 1 aliphatic rings. The fraction of sp³-hybridized carbons (Fsp3) is 0.333. The highest BCUT2D eigenvalue weighted by atomic mass is 32.2. The maximum atomic E-state index is 13.6. The molecule has 1 heterocycles. The monoisotopic (exact) mass is 564 g/mol. The Hall–Kier alpha value is -3.73. The number of benzene rings is 3. The van der Waals surface area contributed by atoms with Crippen LogP contribution >= 0.6 is 0 Å². The summed E-state index contributed by atoms with van der Waals surface area (Å²) in [6.07, 6.45) is 0.597. The summed E-state index contributed by atoms with van der Waals surface area (Å²) < 4.78 is 34.2. The zero-order chi connectivity index (χ0) is 28.9. The summed E-state index contributed by atoms with van der Waals surface area (Å²) in [5.41, 5.74) is 8.99. The minimum absolute atomic E-state index is 0.0186. The molecule has 0 bridgehead atoms. The van der Waals surface area contributed by atoms with Crippen molar-refractivity contribution in [2.24, 2.45) is 5.73 Å². The van der Waals surface area contributed by atoms with E-state index in [0.29, 0.717) is 25.3 Å². The van der Waals surface area contributed by atoms with E-state index in [1.807, 2.05) is 43.3 Å². The van der Waals surface area contributed by atoms with Gasteiger partial charge in [-0.05, 0) is 68.1 Å². The second kappa shape index (κ2) is 12.2. The lowest BCUT2D eigenvalue weighted by Crippen LogP contribution is -2.58. The molecule has 0 aromatic heterocycles. The second-order valence-electron chi connectivity index (χ2n) is 10.7. The summed E-state index contributed by atoms with van der Waals surface area (Å²) in [4.78, 5) is 28.1. The fourth-order valence-corrected chi connectivity index (χ4v) is 5.40. The van der Waals surface area contributed by atoms with Gasteiger partial charge < -0.3 is 20.7 Å². The van der Waals surface area contributed by atoms with Crippen molar-refractivity contribution in [1.82, 2.24) is 10.2 Å². The van der Waals surface area contributed by atoms with Crippen LogP contribution in [0.5, 0.6) is 0 Å². The average Bonchev–Trinajstić information content (AvgIpc) is 2.91. The third-order valence-electron chi connectivity index (χ3n) is 6.70. The zero-order valence-electron chi connectivity index (χ0n) is 23.0. The molecule has 2 amide bonds. The minimum atomic E-state index is -3.77. The van der Waals surface area contributed by atoms with E-state index in [0.717, 1.165) is 22.3 Å². The first kappa shape index (κ1) is 29.3. The van der Waals surface area contributed by atoms with Crippen LogP contribution in [-0.2, 0) is 43.9 Å². The second-order valence-corrected chi connectivity index (χ2v) is 12.3. The van der Waals surface area contributed by atoms with Crippen LogP contribution in [0.15, 0.2) is 77.7 Å². The summed E-state index contributed by atoms with van der Waals surface area (Å²) in [5, 5.41) is 2.76. The first-order valence-corrected chi connectivity index (χ1v) is 14.6. The zero-order valence-corrected chi connectivity index (χ0v) is 23.8. The van der Waals surface area contributed by atoms with E-state index in [-0.39, 0.29) is 24.0 Å². The molecule has 3 aromatic rings. The van der Waals surface area contributed by atoms with Gasteiger partial charge in [0.25, 0.3) is 10.0 Å². The first-order valence-electron chi connectivity index (χ1n) is 13.1. The lowest BCUT2D eigenvalue weighted by atomic mass is 9.98. The van der Waals surface area contributed by atoms with E-state index >= 15 is 0 Å². The summed E-state index contributed by atoms with van der Waals surface area (Å²) in [6.45, 7) is 6.04. The number of amides is 2. The van der Waals surface area contributed by atoms with Crippen LogP contribution in [0, 0.1) is 6.92 Å². The maximum Gasteiger partial charge on any atom is 0.261 e. The highest BCUT2D eigenvalue weighted by Crippen LogP contribution is 2.25. The van der Waals surface area contributed by atoms with Gasteiger partial charge in [0, 0.05) is 18.8 Å². The molecule has 40 heavy (non-hydrogen) atoms. The van der Waals surface area contributed by atoms with E-state index in [1.54, 1.807) is 55.1 Å². The molecule has 0 radical (unpaired) electrons. The lowest BCUT2D eigenvalue weighted by molar-refractivity contribution is -0.140. The Labute approximate surface area is 235 Å². The number of nitrogens with zero attached hydrogens (tertiary/aromatic N) is 1. The highest BCUT2D eigenvalue weighted by Gasteiger charge is 2.32. The van der Waals surface area contributed by atoms with Crippen LogP contribution in [0.1, 0.15) is 36.1 Å². The quantitative estimate of drug-likeness (QED) is 0.347. The van der Waals surface area contributed by atoms with Crippen molar-refractivity contribution in [2.75, 3.05) is 17.9 Å². The highest BCUT2D eigenvalue weighted by molar-refractivity contribution is 7.92. The van der Waals surface area contributed by atoms with Crippen molar-refractivity contribution in [2.45, 2.75) is 56.8 Å². The van der Waals surface area contributed by atoms with Crippen molar-refractivity contribution in [3.05, 3.63) is 95.1 Å². The van der Waals surface area contributed by atoms with E-state index in [9.17, 15) is 18.0 Å². The van der Waals surface area contributed by atoms with Crippen LogP contribution in [0.4, 0.5) is 5.69 Å². The molecular weight excluding hydrogens is 528 g/mol. The molecule has 0 fully saturated rings. The molecule has 3 aromatic carbocycles. The van der Waals surface area contributed by atoms with Crippen molar-refractivity contribution in [3.8, 4) is 0 Å². The van der Waals surface area contributed by atoms with E-state index in [1.165, 1.54) is 0 Å². The Bertz CT molecular complexity index is 1450. The molecular formula is C30H36N4O5S. The molecule has 0 saturated carbocycles. The Kier molecular flexibility index (Phi) is 8.92. The number of carbonyl (C=O) groups is 2. The van der Waals surface area contributed by atoms with Crippen LogP contribution in [0.3, 0.4) is 0 Å². The topological polar surface area (TPSA) is 131 Å². The van der Waals surface area contributed by atoms with Crippen molar-refractivity contribution >= 4 is 27.5 Å². The van der Waals surface area contributed by atoms with Gasteiger partial charge in [0.15, 0.2) is 0 Å². The van der Waals surface area contributed by atoms with Gasteiger partial charge in [-0.2, -0.15) is 0 Å². The fourth-order valence-electron chi connectivity index (χ4n) is 4.35. The van der Waals surface area contributed by atoms with Gasteiger partial charge in [-0.3, -0.25) is 14.3 Å². The number of sulfonamides is 1. The third kappa shape index (κ3) is 7.47. The van der Waals surface area contributed by atoms with E-state index in [4.69, 9.17) is 10.5 Å². The normalized spacial score (nSPS) is 14.2. The first-order chi connectivity index (χ1) is 18.9. The smallest absolute Gasteiger partial charge is 0.261 e. The maximum absolute atomic E-state index is 13.6. The lowest BCUT2D eigenvalue weighted by Gasteiger charge is -2.33. The predicted molar refractivity (Wildman–Crippen MR) is 154 cm³/mol. The number of ether oxygens (including phenoxy) is 1. The molecule has 1 atom stereocenters. The molecule has 4 rings (SSSR count). The van der Waals surface area contributed by atoms with Gasteiger partial charge in [-0.15, -0.1) is 0 Å². The van der Waals surface area contributed by atoms with E-state index in [2.05, 4.69) is 10.0 Å². The van der Waals surface area contributed by atoms with Crippen molar-refractivity contribution in [1.29, 1.82) is 0 Å². The number of anilines is 1. The molecule has 0 saturated heterocycles. The van der Waals surface area contributed by atoms with Crippen LogP contribution in [-0.4, -0.2) is 49.9 Å². The Morgan fingerprint density at radius 3 is 2.40 bits per heavy atom. The van der Waals surface area contributed by atoms with Gasteiger partial charge in [-0.1, -0.05) is 54.1 Å². The van der Waals surface area contributed by atoms with Crippen molar-refractivity contribution in [3.63, 3.8) is 0 Å². The minimum Gasteiger partial charge on any atom is -0.374 e. The average molecular weight is 565 g/mol. The van der Waals surface area contributed by atoms with Crippen molar-refractivity contribution < 1.29 is 22.7 Å². The number of aryl methyl sites for hydroxylation is 1. The summed E-state index contributed by atoms with van der Waals surface area (Å²) in [5.74, 6) is -0.749. The van der Waals surface area contributed by atoms with Crippen LogP contribution in [0.25, 0.3) is 0 Å². The molecule has 4 N–H and O–H groups in total. The van der Waals surface area contributed by atoms with Gasteiger partial charge in [-0.25, -0.2) is 8.42 Å². The molecule has 212 valence electrons. The number of hydrogen-bond donors (Lipinski definition) is 3. The molecule has 0 aliphatic carbocycles. The molecule has 1 aliphatic heterocycles. The van der Waals surface area contributed by atoms with Gasteiger partial charge in [0.2, 0.25) is 11.8 Å². The van der Waals surface area contributed by atoms with Gasteiger partial charge in [0.05, 0.1) is 23.6 Å². The summed E-state index contributed by atoms with van der Waals surface area (Å²) in [6, 6.07) is 20.6. The van der Waals surface area contributed by atoms with Gasteiger partial charge in [0.1, 0.15) is 6.04 Å². The molecule has 10 heteroatoms. The predicted octanol–water partition coefficient (Wildman–Crippen LogP) is 3.12. The number of fused-ring (bicyclic) bond motifs is 1. The number of carbonyl (C=O) groups excluding carboxylic acids is 2. The van der Waals surface area contributed by atoms with Crippen LogP contribution < -0.4 is 15.8 Å². The Balaban J connectivity index is 1.47. The van der Waals surface area contributed by atoms with Gasteiger partial charge >= 0.3 is 0 Å². The SMILES string of the molecule is Cc1ccc(S(=O)(=O)Nc2ccc3c(c2)CN(C(=O)C(COCc2ccccc2)NC(=O)C(C)(C)N)CC3)cc1. The number of nitrogens with two attached hydrogens (primary N) is 1. The number of nitrogens with one attached hydrogen (secondary N) is 2. The molecule has 0 spiro atoms. The largest absolute Gasteiger partial charge is 0.374 e. The Morgan fingerprint density at radius 2 is 1.73 bits per heavy atom. The third-order valence-corrected chi connectivity index (χ3v) is 8.10. The molecule has 9 nitrogen and oxygen atoms in total. The number of rotatable bonds is 10. The summed E-state index contributed by atoms with van der Waals surface area (Å²) in [7, 11) is -3.77. The number of hydrogen-bond acceptors (Lipinski definition) is 6. The van der Waals surface area contributed by atoms with E-state index < -0.39 is 27.5 Å².